The average molecular weight is 385 g/mol. The summed E-state index contributed by atoms with van der Waals surface area (Å²) in [5, 5.41) is 0. The maximum Gasteiger partial charge on any atom is 0.254 e. The molecule has 1 heterocycles. The van der Waals surface area contributed by atoms with Crippen molar-refractivity contribution in [2.45, 2.75) is 13.0 Å². The number of carbonyl (C=O) groups excluding carboxylic acids is 2. The molecule has 0 radical (unpaired) electrons. The van der Waals surface area contributed by atoms with Gasteiger partial charge in [-0.05, 0) is 18.6 Å². The number of ketones is 1. The highest BCUT2D eigenvalue weighted by Crippen LogP contribution is 2.24. The molecule has 0 saturated carbocycles. The van der Waals surface area contributed by atoms with Crippen LogP contribution in [0.5, 0.6) is 0 Å². The minimum atomic E-state index is -0.158. The van der Waals surface area contributed by atoms with Crippen LogP contribution < -0.4 is 0 Å². The first-order valence-corrected chi connectivity index (χ1v) is 9.80. The third kappa shape index (κ3) is 4.13. The van der Waals surface area contributed by atoms with Gasteiger partial charge < -0.3 is 9.64 Å². The average Bonchev–Trinajstić information content (AvgIpc) is 2.79. The van der Waals surface area contributed by atoms with Crippen molar-refractivity contribution in [2.75, 3.05) is 19.7 Å². The van der Waals surface area contributed by atoms with E-state index in [9.17, 15) is 9.59 Å². The fourth-order valence-electron chi connectivity index (χ4n) is 3.60. The summed E-state index contributed by atoms with van der Waals surface area (Å²) in [5.41, 5.74) is 3.59. The van der Waals surface area contributed by atoms with E-state index >= 15 is 0 Å². The molecule has 1 atom stereocenters. The van der Waals surface area contributed by atoms with Crippen LogP contribution >= 0.6 is 0 Å². The molecule has 0 aliphatic carbocycles. The number of benzene rings is 3. The number of amides is 1. The molecule has 1 fully saturated rings. The molecule has 1 amide bonds. The Labute approximate surface area is 170 Å². The van der Waals surface area contributed by atoms with Crippen molar-refractivity contribution in [1.29, 1.82) is 0 Å². The largest absolute Gasteiger partial charge is 0.370 e. The van der Waals surface area contributed by atoms with E-state index in [0.29, 0.717) is 36.4 Å². The van der Waals surface area contributed by atoms with Crippen molar-refractivity contribution < 1.29 is 14.3 Å². The number of ether oxygens (including phenoxy) is 1. The summed E-state index contributed by atoms with van der Waals surface area (Å²) in [6.45, 7) is 3.43. The Hall–Kier alpha value is -3.24. The summed E-state index contributed by atoms with van der Waals surface area (Å²) < 4.78 is 5.88. The first kappa shape index (κ1) is 19.1. The third-order valence-corrected chi connectivity index (χ3v) is 5.24. The van der Waals surface area contributed by atoms with Gasteiger partial charge in [0.05, 0.1) is 18.7 Å². The number of hydrogen-bond donors (Lipinski definition) is 0. The Balaban J connectivity index is 1.59. The van der Waals surface area contributed by atoms with Crippen LogP contribution in [0.25, 0.3) is 0 Å². The van der Waals surface area contributed by atoms with Crippen LogP contribution in [-0.4, -0.2) is 36.3 Å². The topological polar surface area (TPSA) is 46.6 Å². The lowest BCUT2D eigenvalue weighted by atomic mass is 9.96. The van der Waals surface area contributed by atoms with Gasteiger partial charge >= 0.3 is 0 Å². The fraction of sp³-hybridized carbons (Fsp3) is 0.200. The minimum absolute atomic E-state index is 0.134. The second-order valence-corrected chi connectivity index (χ2v) is 7.26. The zero-order valence-electron chi connectivity index (χ0n) is 16.4. The molecule has 1 aliphatic rings. The van der Waals surface area contributed by atoms with Crippen LogP contribution in [0, 0.1) is 6.92 Å². The van der Waals surface area contributed by atoms with Crippen LogP contribution in [0.3, 0.4) is 0 Å². The summed E-state index contributed by atoms with van der Waals surface area (Å²) in [4.78, 5) is 28.1. The molecule has 146 valence electrons. The molecule has 0 bridgehead atoms. The van der Waals surface area contributed by atoms with E-state index in [4.69, 9.17) is 4.74 Å². The lowest BCUT2D eigenvalue weighted by molar-refractivity contribution is -0.0228. The van der Waals surface area contributed by atoms with E-state index in [2.05, 4.69) is 0 Å². The lowest BCUT2D eigenvalue weighted by Crippen LogP contribution is -2.42. The monoisotopic (exact) mass is 385 g/mol. The van der Waals surface area contributed by atoms with Crippen molar-refractivity contribution in [3.8, 4) is 0 Å². The van der Waals surface area contributed by atoms with Crippen LogP contribution in [-0.2, 0) is 4.74 Å². The molecule has 0 spiro atoms. The zero-order chi connectivity index (χ0) is 20.2. The predicted octanol–water partition coefficient (Wildman–Crippen LogP) is 4.44. The minimum Gasteiger partial charge on any atom is -0.370 e. The maximum absolute atomic E-state index is 13.3. The molecule has 29 heavy (non-hydrogen) atoms. The van der Waals surface area contributed by atoms with E-state index in [0.717, 1.165) is 11.1 Å². The molecular formula is C25H23NO3. The molecule has 3 aromatic rings. The summed E-state index contributed by atoms with van der Waals surface area (Å²) in [7, 11) is 0. The maximum atomic E-state index is 13.3. The Morgan fingerprint density at radius 2 is 1.52 bits per heavy atom. The van der Waals surface area contributed by atoms with Gasteiger partial charge in [-0.1, -0.05) is 78.4 Å². The highest BCUT2D eigenvalue weighted by atomic mass is 16.5. The first-order chi connectivity index (χ1) is 14.1. The Morgan fingerprint density at radius 1 is 0.862 bits per heavy atom. The van der Waals surface area contributed by atoms with Crippen LogP contribution in [0.1, 0.15) is 43.5 Å². The molecule has 4 heteroatoms. The highest BCUT2D eigenvalue weighted by Gasteiger charge is 2.28. The molecule has 1 aliphatic heterocycles. The molecule has 0 N–H and O–H groups in total. The van der Waals surface area contributed by atoms with Gasteiger partial charge in [-0.3, -0.25) is 9.59 Å². The smallest absolute Gasteiger partial charge is 0.254 e. The predicted molar refractivity (Wildman–Crippen MR) is 112 cm³/mol. The van der Waals surface area contributed by atoms with E-state index in [-0.39, 0.29) is 17.8 Å². The number of hydrogen-bond acceptors (Lipinski definition) is 3. The van der Waals surface area contributed by atoms with Gasteiger partial charge in [-0.25, -0.2) is 0 Å². The van der Waals surface area contributed by atoms with Crippen LogP contribution in [0.4, 0.5) is 0 Å². The van der Waals surface area contributed by atoms with E-state index in [1.54, 1.807) is 41.3 Å². The molecule has 3 aromatic carbocycles. The number of nitrogens with zero attached hydrogens (tertiary/aromatic N) is 1. The van der Waals surface area contributed by atoms with Gasteiger partial charge in [-0.15, -0.1) is 0 Å². The first-order valence-electron chi connectivity index (χ1n) is 9.80. The number of rotatable bonds is 4. The number of morpholine rings is 1. The van der Waals surface area contributed by atoms with Crippen molar-refractivity contribution in [1.82, 2.24) is 4.90 Å². The van der Waals surface area contributed by atoms with E-state index < -0.39 is 0 Å². The summed E-state index contributed by atoms with van der Waals surface area (Å²) >= 11 is 0. The van der Waals surface area contributed by atoms with Crippen LogP contribution in [0.2, 0.25) is 0 Å². The molecule has 0 aromatic heterocycles. The normalized spacial score (nSPS) is 16.4. The summed E-state index contributed by atoms with van der Waals surface area (Å²) in [6.07, 6.45) is -0.158. The SMILES string of the molecule is Cc1ccc(C(=O)c2ccccc2C(=O)N2CCOC(c3ccccc3)C2)cc1. The van der Waals surface area contributed by atoms with Crippen molar-refractivity contribution in [3.63, 3.8) is 0 Å². The van der Waals surface area contributed by atoms with Crippen molar-refractivity contribution in [2.24, 2.45) is 0 Å². The van der Waals surface area contributed by atoms with Gasteiger partial charge in [0.1, 0.15) is 6.10 Å². The summed E-state index contributed by atoms with van der Waals surface area (Å²) in [5.74, 6) is -0.271. The molecule has 1 unspecified atom stereocenters. The van der Waals surface area contributed by atoms with Crippen molar-refractivity contribution >= 4 is 11.7 Å². The molecule has 4 rings (SSSR count). The summed E-state index contributed by atoms with van der Waals surface area (Å²) in [6, 6.07) is 24.4. The number of carbonyl (C=O) groups is 2. The second-order valence-electron chi connectivity index (χ2n) is 7.26. The van der Waals surface area contributed by atoms with Gasteiger partial charge in [0.15, 0.2) is 5.78 Å². The van der Waals surface area contributed by atoms with Gasteiger partial charge in [0, 0.05) is 17.7 Å². The fourth-order valence-corrected chi connectivity index (χ4v) is 3.60. The van der Waals surface area contributed by atoms with Gasteiger partial charge in [-0.2, -0.15) is 0 Å². The molecule has 4 nitrogen and oxygen atoms in total. The standard InChI is InChI=1S/C25H23NO3/c1-18-11-13-20(14-12-18)24(27)21-9-5-6-10-22(21)25(28)26-15-16-29-23(17-26)19-7-3-2-4-8-19/h2-14,23H,15-17H2,1H3. The molecule has 1 saturated heterocycles. The molecular weight excluding hydrogens is 362 g/mol. The van der Waals surface area contributed by atoms with Crippen LogP contribution in [0.15, 0.2) is 78.9 Å². The van der Waals surface area contributed by atoms with E-state index in [1.165, 1.54) is 0 Å². The Kier molecular flexibility index (Phi) is 5.54. The quantitative estimate of drug-likeness (QED) is 0.624. The third-order valence-electron chi connectivity index (χ3n) is 5.24. The van der Waals surface area contributed by atoms with Gasteiger partial charge in [0.2, 0.25) is 0 Å². The zero-order valence-corrected chi connectivity index (χ0v) is 16.4. The Bertz CT molecular complexity index is 1010. The van der Waals surface area contributed by atoms with Gasteiger partial charge in [0.25, 0.3) is 5.91 Å². The number of aryl methyl sites for hydroxylation is 1. The van der Waals surface area contributed by atoms with E-state index in [1.807, 2.05) is 49.4 Å². The van der Waals surface area contributed by atoms with Crippen molar-refractivity contribution in [3.05, 3.63) is 107 Å². The Morgan fingerprint density at radius 3 is 2.24 bits per heavy atom. The second kappa shape index (κ2) is 8.41. The lowest BCUT2D eigenvalue weighted by Gasteiger charge is -2.33. The highest BCUT2D eigenvalue weighted by molar-refractivity contribution is 6.15.